The lowest BCUT2D eigenvalue weighted by molar-refractivity contribution is -0.192. The van der Waals surface area contributed by atoms with Crippen LogP contribution in [0.4, 0.5) is 32.0 Å². The van der Waals surface area contributed by atoms with Gasteiger partial charge in [-0.15, -0.1) is 0 Å². The Morgan fingerprint density at radius 2 is 1.62 bits per heavy atom. The molecule has 2 aromatic carbocycles. The molecule has 0 saturated carbocycles. The molecule has 0 bridgehead atoms. The van der Waals surface area contributed by atoms with Gasteiger partial charge >= 0.3 is 18.3 Å². The topological polar surface area (TPSA) is 96.9 Å². The van der Waals surface area contributed by atoms with E-state index in [1.165, 1.54) is 12.1 Å². The number of hydrogen-bond donors (Lipinski definition) is 3. The van der Waals surface area contributed by atoms with Gasteiger partial charge in [0.25, 0.3) is 0 Å². The van der Waals surface area contributed by atoms with Crippen LogP contribution in [0.5, 0.6) is 0 Å². The molecule has 4 rings (SSSR count). The first kappa shape index (κ1) is 22.7. The van der Waals surface area contributed by atoms with Crippen LogP contribution >= 0.6 is 0 Å². The van der Waals surface area contributed by atoms with E-state index in [1.54, 1.807) is 23.3 Å². The highest BCUT2D eigenvalue weighted by Gasteiger charge is 2.38. The van der Waals surface area contributed by atoms with Gasteiger partial charge in [-0.3, -0.25) is 0 Å². The minimum Gasteiger partial charge on any atom is -0.475 e. The predicted molar refractivity (Wildman–Crippen MR) is 104 cm³/mol. The summed E-state index contributed by atoms with van der Waals surface area (Å²) in [5.74, 6) is -2.76. The average molecular weight is 456 g/mol. The second-order valence-electron chi connectivity index (χ2n) is 6.53. The summed E-state index contributed by atoms with van der Waals surface area (Å²) in [7, 11) is 0. The van der Waals surface area contributed by atoms with Crippen molar-refractivity contribution in [2.45, 2.75) is 12.4 Å². The van der Waals surface area contributed by atoms with E-state index in [9.17, 15) is 26.3 Å². The number of fused-ring (bicyclic) bond motifs is 1. The Labute approximate surface area is 175 Å². The molecule has 0 atom stereocenters. The molecule has 0 spiro atoms. The van der Waals surface area contributed by atoms with Crippen molar-refractivity contribution >= 4 is 22.6 Å². The zero-order valence-electron chi connectivity index (χ0n) is 15.9. The molecule has 2 aromatic heterocycles. The molecule has 0 radical (unpaired) electrons. The van der Waals surface area contributed by atoms with Crippen LogP contribution in [0.1, 0.15) is 5.56 Å². The molecule has 0 saturated heterocycles. The normalized spacial score (nSPS) is 11.8. The second kappa shape index (κ2) is 8.29. The molecule has 6 nitrogen and oxygen atoms in total. The first-order chi connectivity index (χ1) is 14.9. The van der Waals surface area contributed by atoms with Gasteiger partial charge in [-0.1, -0.05) is 6.07 Å². The summed E-state index contributed by atoms with van der Waals surface area (Å²) < 4.78 is 71.2. The lowest BCUT2D eigenvalue weighted by Gasteiger charge is -2.07. The molecule has 4 aromatic rings. The number of rotatable bonds is 2. The predicted octanol–water partition coefficient (Wildman–Crippen LogP) is 5.25. The Balaban J connectivity index is 0.000000360. The van der Waals surface area contributed by atoms with Crippen molar-refractivity contribution in [1.82, 2.24) is 14.8 Å². The first-order valence-corrected chi connectivity index (χ1v) is 8.75. The Kier molecular flexibility index (Phi) is 5.88. The number of alkyl halides is 6. The number of carboxylic acids is 1. The number of aliphatic carboxylic acids is 1. The van der Waals surface area contributed by atoms with E-state index in [1.807, 2.05) is 18.2 Å². The van der Waals surface area contributed by atoms with Gasteiger partial charge in [0, 0.05) is 28.9 Å². The molecule has 0 unspecified atom stereocenters. The Hall–Kier alpha value is -3.96. The van der Waals surface area contributed by atoms with Gasteiger partial charge in [-0.25, -0.2) is 9.48 Å². The standard InChI is InChI=1S/C18H13F3N4.C2HF3O2/c19-18(20,21)13-2-4-14(5-3-13)25-10-12(8-24-25)11-1-6-17-15(7-11)16(22)9-23-17;3-2(4,5)1(6)7/h1-10,23H,22H2;(H,6,7). The largest absolute Gasteiger partial charge is 0.490 e. The zero-order chi connectivity index (χ0) is 23.7. The van der Waals surface area contributed by atoms with Crippen LogP contribution in [-0.2, 0) is 11.0 Å². The van der Waals surface area contributed by atoms with E-state index in [2.05, 4.69) is 10.1 Å². The number of halogens is 6. The van der Waals surface area contributed by atoms with E-state index in [4.69, 9.17) is 15.6 Å². The third-order valence-electron chi connectivity index (χ3n) is 4.33. The number of nitrogen functional groups attached to an aromatic ring is 1. The maximum absolute atomic E-state index is 12.6. The lowest BCUT2D eigenvalue weighted by atomic mass is 10.1. The molecule has 2 heterocycles. The average Bonchev–Trinajstić information content (AvgIpc) is 3.34. The highest BCUT2D eigenvalue weighted by atomic mass is 19.4. The van der Waals surface area contributed by atoms with Crippen LogP contribution < -0.4 is 5.73 Å². The minimum absolute atomic E-state index is 0.557. The number of aromatic amines is 1. The van der Waals surface area contributed by atoms with Crippen LogP contribution in [0.25, 0.3) is 27.7 Å². The number of nitrogens with two attached hydrogens (primary N) is 1. The number of H-pyrrole nitrogens is 1. The van der Waals surface area contributed by atoms with Crippen LogP contribution in [0, 0.1) is 0 Å². The van der Waals surface area contributed by atoms with Crippen molar-refractivity contribution < 1.29 is 36.2 Å². The summed E-state index contributed by atoms with van der Waals surface area (Å²) in [6.07, 6.45) is -4.26. The summed E-state index contributed by atoms with van der Waals surface area (Å²) in [4.78, 5) is 12.0. The van der Waals surface area contributed by atoms with Gasteiger partial charge in [0.15, 0.2) is 0 Å². The first-order valence-electron chi connectivity index (χ1n) is 8.75. The number of hydrogen-bond acceptors (Lipinski definition) is 3. The number of carbonyl (C=O) groups is 1. The fraction of sp³-hybridized carbons (Fsp3) is 0.100. The Morgan fingerprint density at radius 3 is 2.19 bits per heavy atom. The molecule has 12 heteroatoms. The lowest BCUT2D eigenvalue weighted by Crippen LogP contribution is -2.21. The number of anilines is 1. The minimum atomic E-state index is -5.08. The quantitative estimate of drug-likeness (QED) is 0.359. The third kappa shape index (κ3) is 5.02. The molecular weight excluding hydrogens is 442 g/mol. The smallest absolute Gasteiger partial charge is 0.475 e. The maximum Gasteiger partial charge on any atom is 0.490 e. The monoisotopic (exact) mass is 456 g/mol. The molecule has 0 aliphatic heterocycles. The molecule has 168 valence electrons. The van der Waals surface area contributed by atoms with Crippen LogP contribution in [0.2, 0.25) is 0 Å². The van der Waals surface area contributed by atoms with E-state index in [-0.39, 0.29) is 0 Å². The van der Waals surface area contributed by atoms with E-state index in [0.717, 1.165) is 34.2 Å². The zero-order valence-corrected chi connectivity index (χ0v) is 15.9. The van der Waals surface area contributed by atoms with Crippen LogP contribution in [-0.4, -0.2) is 32.0 Å². The van der Waals surface area contributed by atoms with Crippen molar-refractivity contribution in [3.05, 3.63) is 66.6 Å². The summed E-state index contributed by atoms with van der Waals surface area (Å²) in [5.41, 5.74) is 9.18. The number of aromatic nitrogens is 3. The summed E-state index contributed by atoms with van der Waals surface area (Å²) in [5, 5.41) is 12.3. The fourth-order valence-electron chi connectivity index (χ4n) is 2.74. The summed E-state index contributed by atoms with van der Waals surface area (Å²) in [6.45, 7) is 0. The van der Waals surface area contributed by atoms with Crippen LogP contribution in [0.15, 0.2) is 61.1 Å². The highest BCUT2D eigenvalue weighted by molar-refractivity contribution is 5.94. The third-order valence-corrected chi connectivity index (χ3v) is 4.33. The number of carboxylic acid groups (broad SMARTS) is 1. The van der Waals surface area contributed by atoms with Crippen molar-refractivity contribution in [2.75, 3.05) is 5.73 Å². The molecule has 0 amide bonds. The molecule has 4 N–H and O–H groups in total. The maximum atomic E-state index is 12.6. The van der Waals surface area contributed by atoms with E-state index in [0.29, 0.717) is 11.4 Å². The molecule has 0 aliphatic carbocycles. The number of nitrogens with zero attached hydrogens (tertiary/aromatic N) is 2. The van der Waals surface area contributed by atoms with Gasteiger partial charge in [-0.05, 0) is 42.0 Å². The van der Waals surface area contributed by atoms with E-state index >= 15 is 0 Å². The van der Waals surface area contributed by atoms with Crippen molar-refractivity contribution in [3.8, 4) is 16.8 Å². The SMILES string of the molecule is Nc1c[nH]c2ccc(-c3cnn(-c4ccc(C(F)(F)F)cc4)c3)cc12.O=C(O)C(F)(F)F. The van der Waals surface area contributed by atoms with Crippen molar-refractivity contribution in [2.24, 2.45) is 0 Å². The fourth-order valence-corrected chi connectivity index (χ4v) is 2.74. The van der Waals surface area contributed by atoms with Crippen molar-refractivity contribution in [3.63, 3.8) is 0 Å². The highest BCUT2D eigenvalue weighted by Crippen LogP contribution is 2.30. The van der Waals surface area contributed by atoms with E-state index < -0.39 is 23.9 Å². The molecular formula is C20H14F6N4O2. The van der Waals surface area contributed by atoms with Gasteiger partial charge in [-0.2, -0.15) is 31.4 Å². The molecule has 0 aliphatic rings. The van der Waals surface area contributed by atoms with Gasteiger partial charge < -0.3 is 15.8 Å². The Morgan fingerprint density at radius 1 is 1.00 bits per heavy atom. The molecule has 32 heavy (non-hydrogen) atoms. The second-order valence-corrected chi connectivity index (χ2v) is 6.53. The number of nitrogens with one attached hydrogen (secondary N) is 1. The summed E-state index contributed by atoms with van der Waals surface area (Å²) in [6, 6.07) is 10.7. The van der Waals surface area contributed by atoms with Crippen molar-refractivity contribution in [1.29, 1.82) is 0 Å². The van der Waals surface area contributed by atoms with Gasteiger partial charge in [0.05, 0.1) is 23.1 Å². The Bertz CT molecular complexity index is 1240. The van der Waals surface area contributed by atoms with Gasteiger partial charge in [0.2, 0.25) is 0 Å². The van der Waals surface area contributed by atoms with Gasteiger partial charge in [0.1, 0.15) is 0 Å². The summed E-state index contributed by atoms with van der Waals surface area (Å²) >= 11 is 0. The number of benzene rings is 2. The van der Waals surface area contributed by atoms with Crippen LogP contribution in [0.3, 0.4) is 0 Å². The molecule has 0 fully saturated rings.